The summed E-state index contributed by atoms with van der Waals surface area (Å²) in [6, 6.07) is 0. The van der Waals surface area contributed by atoms with E-state index in [0.717, 1.165) is 0 Å². The van der Waals surface area contributed by atoms with Crippen LogP contribution in [0.3, 0.4) is 0 Å². The third-order valence-corrected chi connectivity index (χ3v) is 6.43. The van der Waals surface area contributed by atoms with Crippen LogP contribution in [0.15, 0.2) is 24.0 Å². The van der Waals surface area contributed by atoms with Crippen molar-refractivity contribution < 1.29 is 64.5 Å². The first-order valence-electron chi connectivity index (χ1n) is 10.7. The lowest BCUT2D eigenvalue weighted by Gasteiger charge is -2.40. The van der Waals surface area contributed by atoms with Gasteiger partial charge in [-0.2, -0.15) is 0 Å². The fourth-order valence-corrected chi connectivity index (χ4v) is 4.50. The summed E-state index contributed by atoms with van der Waals surface area (Å²) < 4.78 is 27.2. The molecule has 8 N–H and O–H groups in total. The van der Waals surface area contributed by atoms with E-state index in [4.69, 9.17) is 23.7 Å². The molecule has 4 rings (SSSR count). The van der Waals surface area contributed by atoms with E-state index in [-0.39, 0.29) is 13.2 Å². The third-order valence-electron chi connectivity index (χ3n) is 6.43. The van der Waals surface area contributed by atoms with E-state index < -0.39 is 86.1 Å². The first-order valence-corrected chi connectivity index (χ1v) is 10.7. The fourth-order valence-electron chi connectivity index (χ4n) is 4.50. The maximum absolute atomic E-state index is 10.4. The van der Waals surface area contributed by atoms with Crippen LogP contribution in [-0.4, -0.2) is 128 Å². The largest absolute Gasteiger partial charge is 0.472 e. The summed E-state index contributed by atoms with van der Waals surface area (Å²) in [5.74, 6) is -1.07. The molecular weight excluding hydrogens is 448 g/mol. The van der Waals surface area contributed by atoms with Crippen LogP contribution >= 0.6 is 0 Å². The predicted octanol–water partition coefficient (Wildman–Crippen LogP) is -4.34. The second-order valence-electron chi connectivity index (χ2n) is 8.56. The Balaban J connectivity index is 1.46. The van der Waals surface area contributed by atoms with Crippen molar-refractivity contribution >= 4 is 0 Å². The second-order valence-corrected chi connectivity index (χ2v) is 8.56. The Bertz CT molecular complexity index is 729. The summed E-state index contributed by atoms with van der Waals surface area (Å²) in [5, 5.41) is 79.4. The van der Waals surface area contributed by atoms with E-state index in [2.05, 4.69) is 0 Å². The Hall–Kier alpha value is -1.20. The molecule has 13 heteroatoms. The van der Waals surface area contributed by atoms with Gasteiger partial charge in [-0.15, -0.1) is 0 Å². The SMILES string of the molecule is OC[C@H]1O[C@@H](OCC2=C[C@@H](O[C@@H]3OC[C@@H](O)[C@H](O)[C@H]3O)[C@@H]3C=CO[C@@H](O)[C@H]23)[C@H](O)[C@@H](O)[C@@H]1O. The highest BCUT2D eigenvalue weighted by molar-refractivity contribution is 5.26. The van der Waals surface area contributed by atoms with Crippen LogP contribution in [0.1, 0.15) is 0 Å². The molecule has 0 aromatic carbocycles. The first-order chi connectivity index (χ1) is 15.7. The van der Waals surface area contributed by atoms with Crippen molar-refractivity contribution in [3.8, 4) is 0 Å². The van der Waals surface area contributed by atoms with E-state index >= 15 is 0 Å². The van der Waals surface area contributed by atoms with Crippen LogP contribution in [0.2, 0.25) is 0 Å². The summed E-state index contributed by atoms with van der Waals surface area (Å²) in [4.78, 5) is 0. The monoisotopic (exact) mass is 478 g/mol. The molecule has 13 nitrogen and oxygen atoms in total. The average Bonchev–Trinajstić information content (AvgIpc) is 3.16. The van der Waals surface area contributed by atoms with Crippen molar-refractivity contribution in [1.82, 2.24) is 0 Å². The molecule has 13 atom stereocenters. The molecule has 2 fully saturated rings. The number of hydrogen-bond donors (Lipinski definition) is 8. The molecule has 0 radical (unpaired) electrons. The topological polar surface area (TPSA) is 208 Å². The maximum Gasteiger partial charge on any atom is 0.203 e. The molecule has 3 aliphatic heterocycles. The number of ether oxygens (including phenoxy) is 5. The highest BCUT2D eigenvalue weighted by Gasteiger charge is 2.48. The van der Waals surface area contributed by atoms with Gasteiger partial charge in [-0.05, 0) is 11.6 Å². The smallest absolute Gasteiger partial charge is 0.203 e. The molecule has 0 spiro atoms. The minimum absolute atomic E-state index is 0.187. The van der Waals surface area contributed by atoms with Crippen molar-refractivity contribution in [3.05, 3.63) is 24.0 Å². The Labute approximate surface area is 188 Å². The van der Waals surface area contributed by atoms with Gasteiger partial charge in [0.25, 0.3) is 0 Å². The van der Waals surface area contributed by atoms with Crippen LogP contribution in [0.4, 0.5) is 0 Å². The van der Waals surface area contributed by atoms with Crippen molar-refractivity contribution in [3.63, 3.8) is 0 Å². The van der Waals surface area contributed by atoms with E-state index in [9.17, 15) is 40.9 Å². The van der Waals surface area contributed by atoms with Gasteiger partial charge in [0.15, 0.2) is 12.6 Å². The molecule has 0 aromatic heterocycles. The lowest BCUT2D eigenvalue weighted by Crippen LogP contribution is -2.59. The summed E-state index contributed by atoms with van der Waals surface area (Å²) >= 11 is 0. The van der Waals surface area contributed by atoms with E-state index in [1.165, 1.54) is 6.26 Å². The normalized spacial score (nSPS) is 49.9. The van der Waals surface area contributed by atoms with Crippen molar-refractivity contribution in [1.29, 1.82) is 0 Å². The van der Waals surface area contributed by atoms with E-state index in [1.54, 1.807) is 12.2 Å². The van der Waals surface area contributed by atoms with Crippen LogP contribution in [0.25, 0.3) is 0 Å². The number of aliphatic hydroxyl groups is 8. The lowest BCUT2D eigenvalue weighted by molar-refractivity contribution is -0.299. The summed E-state index contributed by atoms with van der Waals surface area (Å²) in [5.41, 5.74) is 0.504. The molecule has 4 aliphatic rings. The number of hydrogen-bond acceptors (Lipinski definition) is 13. The van der Waals surface area contributed by atoms with Crippen molar-refractivity contribution in [2.75, 3.05) is 19.8 Å². The van der Waals surface area contributed by atoms with Crippen LogP contribution < -0.4 is 0 Å². The number of aliphatic hydroxyl groups excluding tert-OH is 8. The third kappa shape index (κ3) is 4.82. The van der Waals surface area contributed by atoms with E-state index in [1.807, 2.05) is 0 Å². The molecule has 0 unspecified atom stereocenters. The molecule has 3 heterocycles. The van der Waals surface area contributed by atoms with Gasteiger partial charge in [0.1, 0.15) is 42.7 Å². The molecule has 2 saturated heterocycles. The number of fused-ring (bicyclic) bond motifs is 1. The maximum atomic E-state index is 10.4. The molecule has 33 heavy (non-hydrogen) atoms. The van der Waals surface area contributed by atoms with Crippen LogP contribution in [-0.2, 0) is 23.7 Å². The summed E-state index contributed by atoms with van der Waals surface area (Å²) in [6.07, 6.45) is -10.0. The lowest BCUT2D eigenvalue weighted by atomic mass is 9.88. The van der Waals surface area contributed by atoms with Crippen molar-refractivity contribution in [2.24, 2.45) is 11.8 Å². The summed E-state index contributed by atoms with van der Waals surface area (Å²) in [7, 11) is 0. The van der Waals surface area contributed by atoms with Gasteiger partial charge in [0.05, 0.1) is 38.1 Å². The Morgan fingerprint density at radius 2 is 1.64 bits per heavy atom. The highest BCUT2D eigenvalue weighted by atomic mass is 16.7. The number of rotatable bonds is 6. The molecular formula is C20H30O13. The van der Waals surface area contributed by atoms with Crippen LogP contribution in [0.5, 0.6) is 0 Å². The standard InChI is InChI=1S/C20H30O13/c21-4-11-14(24)15(25)17(27)20(33-11)30-5-7-3-10(8-1-2-29-18(28)12(7)8)32-19-16(26)13(23)9(22)6-31-19/h1-3,8-28H,4-6H2/t8-,9+,10+,11+,12+,13-,14+,15-,16+,17+,18+,19-,20+/m0/s1. The summed E-state index contributed by atoms with van der Waals surface area (Å²) in [6.45, 7) is -1.02. The minimum Gasteiger partial charge on any atom is -0.472 e. The molecule has 1 aliphatic carbocycles. The van der Waals surface area contributed by atoms with Crippen LogP contribution in [0, 0.1) is 11.8 Å². The van der Waals surface area contributed by atoms with Gasteiger partial charge >= 0.3 is 0 Å². The predicted molar refractivity (Wildman–Crippen MR) is 104 cm³/mol. The van der Waals surface area contributed by atoms with Crippen molar-refractivity contribution in [2.45, 2.75) is 67.7 Å². The van der Waals surface area contributed by atoms with Gasteiger partial charge in [0, 0.05) is 5.92 Å². The Morgan fingerprint density at radius 3 is 2.36 bits per heavy atom. The average molecular weight is 478 g/mol. The molecule has 0 bridgehead atoms. The van der Waals surface area contributed by atoms with Gasteiger partial charge in [-0.1, -0.05) is 6.08 Å². The Kier molecular flexibility index (Phi) is 7.69. The molecule has 0 aromatic rings. The molecule has 188 valence electrons. The highest BCUT2D eigenvalue weighted by Crippen LogP contribution is 2.41. The zero-order valence-electron chi connectivity index (χ0n) is 17.5. The Morgan fingerprint density at radius 1 is 0.909 bits per heavy atom. The van der Waals surface area contributed by atoms with Gasteiger partial charge in [-0.3, -0.25) is 0 Å². The van der Waals surface area contributed by atoms with E-state index in [0.29, 0.717) is 5.57 Å². The second kappa shape index (κ2) is 10.2. The zero-order chi connectivity index (χ0) is 23.9. The fraction of sp³-hybridized carbons (Fsp3) is 0.800. The van der Waals surface area contributed by atoms with Gasteiger partial charge < -0.3 is 64.5 Å². The first kappa shape index (κ1) is 24.9. The van der Waals surface area contributed by atoms with Gasteiger partial charge in [0.2, 0.25) is 6.29 Å². The zero-order valence-corrected chi connectivity index (χ0v) is 17.5. The quantitative estimate of drug-likeness (QED) is 0.170. The minimum atomic E-state index is -1.60. The molecule has 0 amide bonds. The van der Waals surface area contributed by atoms with Gasteiger partial charge in [-0.25, -0.2) is 0 Å². The molecule has 0 saturated carbocycles.